The lowest BCUT2D eigenvalue weighted by atomic mass is 10.1. The zero-order valence-electron chi connectivity index (χ0n) is 8.69. The van der Waals surface area contributed by atoms with Crippen LogP contribution in [0.1, 0.15) is 27.2 Å². The molecule has 0 saturated heterocycles. The van der Waals surface area contributed by atoms with Gasteiger partial charge in [-0.15, -0.1) is 0 Å². The molecule has 0 aliphatic carbocycles. The van der Waals surface area contributed by atoms with E-state index in [-0.39, 0.29) is 6.54 Å². The van der Waals surface area contributed by atoms with Crippen LogP contribution in [0.15, 0.2) is 11.6 Å². The first-order valence-electron chi connectivity index (χ1n) is 4.84. The summed E-state index contributed by atoms with van der Waals surface area (Å²) in [4.78, 5) is 1.78. The largest absolute Gasteiger partial charge is 0.294 e. The van der Waals surface area contributed by atoms with Crippen molar-refractivity contribution in [3.05, 3.63) is 11.6 Å². The van der Waals surface area contributed by atoms with Gasteiger partial charge in [0.1, 0.15) is 0 Å². The number of hydrogen-bond donors (Lipinski definition) is 0. The summed E-state index contributed by atoms with van der Waals surface area (Å²) < 4.78 is 23.7. The molecule has 1 heterocycles. The van der Waals surface area contributed by atoms with Crippen molar-refractivity contribution in [1.82, 2.24) is 4.90 Å². The molecule has 0 spiro atoms. The summed E-state index contributed by atoms with van der Waals surface area (Å²) in [7, 11) is 0. The molecule has 0 unspecified atom stereocenters. The number of alkyl halides is 2. The Morgan fingerprint density at radius 2 is 2.08 bits per heavy atom. The highest BCUT2D eigenvalue weighted by molar-refractivity contribution is 5.03. The Kier molecular flexibility index (Phi) is 6.77. The highest BCUT2D eigenvalue weighted by atomic mass is 19.3. The third-order valence-corrected chi connectivity index (χ3v) is 1.92. The van der Waals surface area contributed by atoms with Crippen LogP contribution in [-0.4, -0.2) is 31.0 Å². The molecule has 13 heavy (non-hydrogen) atoms. The fourth-order valence-corrected chi connectivity index (χ4v) is 1.17. The van der Waals surface area contributed by atoms with Gasteiger partial charge in [-0.25, -0.2) is 8.78 Å². The van der Waals surface area contributed by atoms with Crippen molar-refractivity contribution in [2.75, 3.05) is 19.6 Å². The second kappa shape index (κ2) is 7.01. The molecule has 0 aromatic rings. The van der Waals surface area contributed by atoms with Gasteiger partial charge >= 0.3 is 0 Å². The van der Waals surface area contributed by atoms with Crippen molar-refractivity contribution in [2.45, 2.75) is 33.6 Å². The van der Waals surface area contributed by atoms with E-state index >= 15 is 0 Å². The third-order valence-electron chi connectivity index (χ3n) is 1.92. The molecule has 1 aliphatic rings. The quantitative estimate of drug-likeness (QED) is 0.606. The summed E-state index contributed by atoms with van der Waals surface area (Å²) >= 11 is 0. The fraction of sp³-hybridized carbons (Fsp3) is 0.800. The standard InChI is InChI=1S/C8H13F2N.C2H6/c1-7-2-4-11(5-3-7)6-8(9)10;1-2/h2,8H,3-6H2,1H3;1-2H3. The molecule has 0 bridgehead atoms. The van der Waals surface area contributed by atoms with Gasteiger partial charge in [0.15, 0.2) is 0 Å². The van der Waals surface area contributed by atoms with Crippen LogP contribution in [0.25, 0.3) is 0 Å². The zero-order valence-corrected chi connectivity index (χ0v) is 8.69. The predicted octanol–water partition coefficient (Wildman–Crippen LogP) is 2.93. The van der Waals surface area contributed by atoms with Gasteiger partial charge in [0.25, 0.3) is 6.43 Å². The van der Waals surface area contributed by atoms with Gasteiger partial charge in [0, 0.05) is 13.1 Å². The van der Waals surface area contributed by atoms with E-state index in [1.54, 1.807) is 4.90 Å². The maximum atomic E-state index is 11.9. The Morgan fingerprint density at radius 3 is 2.46 bits per heavy atom. The van der Waals surface area contributed by atoms with Gasteiger partial charge in [0.2, 0.25) is 0 Å². The molecular formula is C10H19F2N. The van der Waals surface area contributed by atoms with Gasteiger partial charge in [-0.05, 0) is 13.3 Å². The molecule has 1 aliphatic heterocycles. The molecule has 0 saturated carbocycles. The van der Waals surface area contributed by atoms with Crippen LogP contribution in [0.3, 0.4) is 0 Å². The minimum atomic E-state index is -2.19. The molecule has 0 N–H and O–H groups in total. The molecular weight excluding hydrogens is 172 g/mol. The van der Waals surface area contributed by atoms with Crippen molar-refractivity contribution in [1.29, 1.82) is 0 Å². The van der Waals surface area contributed by atoms with Crippen molar-refractivity contribution < 1.29 is 8.78 Å². The van der Waals surface area contributed by atoms with Crippen molar-refractivity contribution in [3.8, 4) is 0 Å². The average molecular weight is 191 g/mol. The van der Waals surface area contributed by atoms with Crippen LogP contribution in [0.4, 0.5) is 8.78 Å². The van der Waals surface area contributed by atoms with Crippen molar-refractivity contribution in [2.24, 2.45) is 0 Å². The lowest BCUT2D eigenvalue weighted by Crippen LogP contribution is -2.32. The number of hydrogen-bond acceptors (Lipinski definition) is 1. The first-order chi connectivity index (χ1) is 6.18. The highest BCUT2D eigenvalue weighted by Gasteiger charge is 2.13. The van der Waals surface area contributed by atoms with E-state index in [0.717, 1.165) is 13.0 Å². The summed E-state index contributed by atoms with van der Waals surface area (Å²) in [5.41, 5.74) is 1.32. The van der Waals surface area contributed by atoms with E-state index in [1.807, 2.05) is 26.8 Å². The summed E-state index contributed by atoms with van der Waals surface area (Å²) in [6, 6.07) is 0. The normalized spacial score (nSPS) is 17.8. The summed E-state index contributed by atoms with van der Waals surface area (Å²) in [6.07, 6.45) is 0.764. The molecule has 78 valence electrons. The van der Waals surface area contributed by atoms with Crippen LogP contribution < -0.4 is 0 Å². The molecule has 1 rings (SSSR count). The van der Waals surface area contributed by atoms with E-state index in [9.17, 15) is 8.78 Å². The van der Waals surface area contributed by atoms with E-state index in [0.29, 0.717) is 6.54 Å². The molecule has 0 amide bonds. The first kappa shape index (κ1) is 12.6. The van der Waals surface area contributed by atoms with Crippen LogP contribution in [-0.2, 0) is 0 Å². The Bertz CT molecular complexity index is 155. The second-order valence-electron chi connectivity index (χ2n) is 2.95. The summed E-state index contributed by atoms with van der Waals surface area (Å²) in [6.45, 7) is 7.44. The van der Waals surface area contributed by atoms with Crippen molar-refractivity contribution >= 4 is 0 Å². The highest BCUT2D eigenvalue weighted by Crippen LogP contribution is 2.10. The Hall–Kier alpha value is -0.440. The van der Waals surface area contributed by atoms with Crippen LogP contribution >= 0.6 is 0 Å². The number of rotatable bonds is 2. The molecule has 0 aromatic carbocycles. The van der Waals surface area contributed by atoms with Crippen LogP contribution in [0.5, 0.6) is 0 Å². The van der Waals surface area contributed by atoms with E-state index < -0.39 is 6.43 Å². The topological polar surface area (TPSA) is 3.24 Å². The van der Waals surface area contributed by atoms with E-state index in [2.05, 4.69) is 0 Å². The lowest BCUT2D eigenvalue weighted by molar-refractivity contribution is 0.0922. The number of nitrogens with zero attached hydrogens (tertiary/aromatic N) is 1. The monoisotopic (exact) mass is 191 g/mol. The minimum Gasteiger partial charge on any atom is -0.294 e. The molecule has 0 fully saturated rings. The summed E-state index contributed by atoms with van der Waals surface area (Å²) in [5.74, 6) is 0. The van der Waals surface area contributed by atoms with Crippen LogP contribution in [0.2, 0.25) is 0 Å². The second-order valence-corrected chi connectivity index (χ2v) is 2.95. The molecule has 0 aromatic heterocycles. The Balaban J connectivity index is 0.000000671. The molecule has 0 atom stereocenters. The Labute approximate surface area is 79.4 Å². The van der Waals surface area contributed by atoms with Gasteiger partial charge in [-0.3, -0.25) is 4.90 Å². The van der Waals surface area contributed by atoms with Crippen LogP contribution in [0, 0.1) is 0 Å². The predicted molar refractivity (Wildman–Crippen MR) is 52.2 cm³/mol. The summed E-state index contributed by atoms with van der Waals surface area (Å²) in [5, 5.41) is 0. The SMILES string of the molecule is CC.CC1=CCN(CC(F)F)CC1. The molecule has 0 radical (unpaired) electrons. The average Bonchev–Trinajstić information content (AvgIpc) is 2.12. The lowest BCUT2D eigenvalue weighted by Gasteiger charge is -2.24. The fourth-order valence-electron chi connectivity index (χ4n) is 1.17. The van der Waals surface area contributed by atoms with Gasteiger partial charge < -0.3 is 0 Å². The van der Waals surface area contributed by atoms with Gasteiger partial charge in [0.05, 0.1) is 6.54 Å². The maximum absolute atomic E-state index is 11.9. The molecule has 1 nitrogen and oxygen atoms in total. The Morgan fingerprint density at radius 1 is 1.46 bits per heavy atom. The smallest absolute Gasteiger partial charge is 0.251 e. The first-order valence-corrected chi connectivity index (χ1v) is 4.84. The molecule has 3 heteroatoms. The minimum absolute atomic E-state index is 0.0796. The zero-order chi connectivity index (χ0) is 10.3. The van der Waals surface area contributed by atoms with E-state index in [4.69, 9.17) is 0 Å². The third kappa shape index (κ3) is 5.75. The van der Waals surface area contributed by atoms with Crippen molar-refractivity contribution in [3.63, 3.8) is 0 Å². The number of halogens is 2. The maximum Gasteiger partial charge on any atom is 0.251 e. The van der Waals surface area contributed by atoms with Gasteiger partial charge in [-0.2, -0.15) is 0 Å². The van der Waals surface area contributed by atoms with E-state index in [1.165, 1.54) is 5.57 Å². The van der Waals surface area contributed by atoms with Gasteiger partial charge in [-0.1, -0.05) is 25.5 Å².